The second-order valence-electron chi connectivity index (χ2n) is 4.95. The van der Waals surface area contributed by atoms with Crippen LogP contribution in [0.4, 0.5) is 20.2 Å². The van der Waals surface area contributed by atoms with Gasteiger partial charge in [-0.15, -0.1) is 0 Å². The first kappa shape index (κ1) is 15.7. The largest absolute Gasteiger partial charge is 0.467 e. The summed E-state index contributed by atoms with van der Waals surface area (Å²) in [4.78, 5) is 16.1. The van der Waals surface area contributed by atoms with Gasteiger partial charge in [0.05, 0.1) is 12.8 Å². The molecule has 0 spiro atoms. The summed E-state index contributed by atoms with van der Waals surface area (Å²) in [5, 5.41) is 5.57. The van der Waals surface area contributed by atoms with Crippen molar-refractivity contribution in [2.75, 3.05) is 5.32 Å². The van der Waals surface area contributed by atoms with Gasteiger partial charge in [-0.1, -0.05) is 0 Å². The Morgan fingerprint density at radius 1 is 1.08 bits per heavy atom. The van der Waals surface area contributed by atoms with E-state index in [0.29, 0.717) is 17.1 Å². The van der Waals surface area contributed by atoms with Crippen LogP contribution in [0.5, 0.6) is 0 Å². The Morgan fingerprint density at radius 3 is 2.67 bits per heavy atom. The molecule has 0 aliphatic carbocycles. The van der Waals surface area contributed by atoms with E-state index in [1.807, 2.05) is 0 Å². The molecule has 0 aliphatic heterocycles. The summed E-state index contributed by atoms with van der Waals surface area (Å²) in [7, 11) is 0. The molecule has 5 nitrogen and oxygen atoms in total. The SMILES string of the molecule is O=C(NCc1ccco1)c1cc(Nc2ccc(F)c(F)c2)ccn1. The van der Waals surface area contributed by atoms with Gasteiger partial charge in [-0.25, -0.2) is 8.78 Å². The number of halogens is 2. The molecule has 2 aromatic heterocycles. The molecule has 0 saturated carbocycles. The van der Waals surface area contributed by atoms with E-state index in [-0.39, 0.29) is 18.1 Å². The molecule has 24 heavy (non-hydrogen) atoms. The van der Waals surface area contributed by atoms with Crippen molar-refractivity contribution < 1.29 is 18.0 Å². The van der Waals surface area contributed by atoms with E-state index >= 15 is 0 Å². The molecule has 1 amide bonds. The number of nitrogens with one attached hydrogen (secondary N) is 2. The molecule has 0 atom stereocenters. The van der Waals surface area contributed by atoms with Crippen LogP contribution in [-0.2, 0) is 6.54 Å². The van der Waals surface area contributed by atoms with Crippen LogP contribution in [0.15, 0.2) is 59.3 Å². The van der Waals surface area contributed by atoms with Crippen molar-refractivity contribution in [2.45, 2.75) is 6.54 Å². The quantitative estimate of drug-likeness (QED) is 0.750. The van der Waals surface area contributed by atoms with Gasteiger partial charge in [0.15, 0.2) is 11.6 Å². The maximum absolute atomic E-state index is 13.2. The molecule has 0 radical (unpaired) electrons. The van der Waals surface area contributed by atoms with E-state index in [1.54, 1.807) is 18.2 Å². The number of hydrogen-bond donors (Lipinski definition) is 2. The average Bonchev–Trinajstić information content (AvgIpc) is 3.10. The Morgan fingerprint density at radius 2 is 1.92 bits per heavy atom. The number of pyridine rings is 1. The van der Waals surface area contributed by atoms with Crippen molar-refractivity contribution in [2.24, 2.45) is 0 Å². The monoisotopic (exact) mass is 329 g/mol. The van der Waals surface area contributed by atoms with Gasteiger partial charge in [0, 0.05) is 23.6 Å². The van der Waals surface area contributed by atoms with Crippen LogP contribution in [0, 0.1) is 11.6 Å². The summed E-state index contributed by atoms with van der Waals surface area (Å²) in [5.74, 6) is -1.63. The highest BCUT2D eigenvalue weighted by Gasteiger charge is 2.09. The van der Waals surface area contributed by atoms with Crippen molar-refractivity contribution in [3.63, 3.8) is 0 Å². The van der Waals surface area contributed by atoms with Gasteiger partial charge in [-0.3, -0.25) is 9.78 Å². The van der Waals surface area contributed by atoms with Crippen molar-refractivity contribution in [3.8, 4) is 0 Å². The Hall–Kier alpha value is -3.22. The van der Waals surface area contributed by atoms with Crippen LogP contribution in [0.2, 0.25) is 0 Å². The lowest BCUT2D eigenvalue weighted by Gasteiger charge is -2.08. The van der Waals surface area contributed by atoms with E-state index in [1.165, 1.54) is 24.6 Å². The zero-order valence-corrected chi connectivity index (χ0v) is 12.4. The molecule has 0 saturated heterocycles. The molecule has 1 aromatic carbocycles. The minimum Gasteiger partial charge on any atom is -0.467 e. The Labute approximate surface area is 136 Å². The number of carbonyl (C=O) groups excluding carboxylic acids is 1. The summed E-state index contributed by atoms with van der Waals surface area (Å²) in [6, 6.07) is 10.1. The Kier molecular flexibility index (Phi) is 4.51. The van der Waals surface area contributed by atoms with Crippen LogP contribution in [0.25, 0.3) is 0 Å². The third-order valence-electron chi connectivity index (χ3n) is 3.20. The highest BCUT2D eigenvalue weighted by Crippen LogP contribution is 2.19. The Bertz CT molecular complexity index is 851. The fourth-order valence-corrected chi connectivity index (χ4v) is 2.04. The molecule has 3 rings (SSSR count). The smallest absolute Gasteiger partial charge is 0.270 e. The Balaban J connectivity index is 1.68. The van der Waals surface area contributed by atoms with Crippen LogP contribution in [0.1, 0.15) is 16.2 Å². The summed E-state index contributed by atoms with van der Waals surface area (Å²) < 4.78 is 31.3. The highest BCUT2D eigenvalue weighted by atomic mass is 19.2. The number of carbonyl (C=O) groups is 1. The minimum absolute atomic E-state index is 0.189. The van der Waals surface area contributed by atoms with Crippen LogP contribution < -0.4 is 10.6 Å². The fraction of sp³-hybridized carbons (Fsp3) is 0.0588. The summed E-state index contributed by atoms with van der Waals surface area (Å²) in [5.41, 5.74) is 1.08. The number of nitrogens with zero attached hydrogens (tertiary/aromatic N) is 1. The molecule has 0 bridgehead atoms. The molecule has 0 aliphatic rings. The van der Waals surface area contributed by atoms with Gasteiger partial charge >= 0.3 is 0 Å². The number of amides is 1. The molecule has 122 valence electrons. The number of rotatable bonds is 5. The van der Waals surface area contributed by atoms with Gasteiger partial charge in [-0.05, 0) is 36.4 Å². The van der Waals surface area contributed by atoms with Crippen LogP contribution >= 0.6 is 0 Å². The van der Waals surface area contributed by atoms with E-state index in [4.69, 9.17) is 4.42 Å². The first-order chi connectivity index (χ1) is 11.6. The lowest BCUT2D eigenvalue weighted by atomic mass is 10.2. The van der Waals surface area contributed by atoms with E-state index in [0.717, 1.165) is 12.1 Å². The summed E-state index contributed by atoms with van der Waals surface area (Å²) >= 11 is 0. The lowest BCUT2D eigenvalue weighted by molar-refractivity contribution is 0.0943. The van der Waals surface area contributed by atoms with Crippen molar-refractivity contribution in [1.29, 1.82) is 0 Å². The molecule has 2 N–H and O–H groups in total. The predicted octanol–water partition coefficient (Wildman–Crippen LogP) is 3.63. The number of furan rings is 1. The van der Waals surface area contributed by atoms with Gasteiger partial charge in [0.1, 0.15) is 11.5 Å². The minimum atomic E-state index is -0.953. The lowest BCUT2D eigenvalue weighted by Crippen LogP contribution is -2.23. The third-order valence-corrected chi connectivity index (χ3v) is 3.20. The van der Waals surface area contributed by atoms with Crippen LogP contribution in [-0.4, -0.2) is 10.9 Å². The molecule has 7 heteroatoms. The first-order valence-electron chi connectivity index (χ1n) is 7.10. The van der Waals surface area contributed by atoms with Crippen molar-refractivity contribution >= 4 is 17.3 Å². The second kappa shape index (κ2) is 6.91. The summed E-state index contributed by atoms with van der Waals surface area (Å²) in [6.07, 6.45) is 2.97. The van der Waals surface area contributed by atoms with Crippen molar-refractivity contribution in [3.05, 3.63) is 78.0 Å². The zero-order chi connectivity index (χ0) is 16.9. The van der Waals surface area contributed by atoms with Gasteiger partial charge in [0.2, 0.25) is 0 Å². The highest BCUT2D eigenvalue weighted by molar-refractivity contribution is 5.93. The van der Waals surface area contributed by atoms with E-state index < -0.39 is 11.6 Å². The fourth-order valence-electron chi connectivity index (χ4n) is 2.04. The number of hydrogen-bond acceptors (Lipinski definition) is 4. The average molecular weight is 329 g/mol. The van der Waals surface area contributed by atoms with Gasteiger partial charge in [-0.2, -0.15) is 0 Å². The van der Waals surface area contributed by atoms with Gasteiger partial charge < -0.3 is 15.1 Å². The first-order valence-corrected chi connectivity index (χ1v) is 7.10. The van der Waals surface area contributed by atoms with E-state index in [9.17, 15) is 13.6 Å². The molecule has 0 fully saturated rings. The molecular weight excluding hydrogens is 316 g/mol. The molecule has 3 aromatic rings. The molecule has 2 heterocycles. The topological polar surface area (TPSA) is 67.2 Å². The van der Waals surface area contributed by atoms with Crippen molar-refractivity contribution in [1.82, 2.24) is 10.3 Å². The van der Waals surface area contributed by atoms with Crippen LogP contribution in [0.3, 0.4) is 0 Å². The maximum Gasteiger partial charge on any atom is 0.270 e. The standard InChI is InChI=1S/C17H13F2N3O2/c18-14-4-3-11(8-15(14)19)22-12-5-6-20-16(9-12)17(23)21-10-13-2-1-7-24-13/h1-9H,10H2,(H,20,22)(H,21,23). The number of aromatic nitrogens is 1. The predicted molar refractivity (Wildman–Crippen MR) is 83.8 cm³/mol. The van der Waals surface area contributed by atoms with Gasteiger partial charge in [0.25, 0.3) is 5.91 Å². The normalized spacial score (nSPS) is 10.4. The molecule has 0 unspecified atom stereocenters. The number of anilines is 2. The van der Waals surface area contributed by atoms with E-state index in [2.05, 4.69) is 15.6 Å². The zero-order valence-electron chi connectivity index (χ0n) is 12.4. The number of benzene rings is 1. The third kappa shape index (κ3) is 3.75. The second-order valence-corrected chi connectivity index (χ2v) is 4.95. The maximum atomic E-state index is 13.2. The summed E-state index contributed by atoms with van der Waals surface area (Å²) in [6.45, 7) is 0.244. The molecular formula is C17H13F2N3O2.